The second-order valence-corrected chi connectivity index (χ2v) is 7.25. The molecule has 0 amide bonds. The molecule has 0 spiro atoms. The second-order valence-electron chi connectivity index (χ2n) is 6.84. The van der Waals surface area contributed by atoms with Crippen molar-refractivity contribution < 1.29 is 32.4 Å². The zero-order valence-corrected chi connectivity index (χ0v) is 18.6. The third-order valence-electron chi connectivity index (χ3n) is 4.82. The molecule has 0 fully saturated rings. The van der Waals surface area contributed by atoms with E-state index in [-0.39, 0.29) is 51.2 Å². The van der Waals surface area contributed by atoms with E-state index >= 15 is 0 Å². The van der Waals surface area contributed by atoms with Crippen molar-refractivity contribution in [2.75, 3.05) is 13.7 Å². The van der Waals surface area contributed by atoms with Gasteiger partial charge in [-0.05, 0) is 37.3 Å². The molecule has 4 aromatic rings. The summed E-state index contributed by atoms with van der Waals surface area (Å²) in [7, 11) is 1.12. The molecule has 2 aromatic carbocycles. The first kappa shape index (κ1) is 23.1. The summed E-state index contributed by atoms with van der Waals surface area (Å²) in [4.78, 5) is 25.6. The number of aromatic nitrogens is 3. The van der Waals surface area contributed by atoms with Crippen LogP contribution in [0.25, 0.3) is 28.3 Å². The van der Waals surface area contributed by atoms with Crippen molar-refractivity contribution in [3.05, 3.63) is 76.6 Å². The summed E-state index contributed by atoms with van der Waals surface area (Å²) in [5, 5.41) is 7.98. The Balaban J connectivity index is 1.99. The second kappa shape index (κ2) is 9.44. The van der Waals surface area contributed by atoms with Gasteiger partial charge in [0.2, 0.25) is 0 Å². The number of hydrogen-bond acceptors (Lipinski definition) is 7. The van der Waals surface area contributed by atoms with Crippen LogP contribution < -0.4 is 0 Å². The number of esters is 2. The first-order valence-electron chi connectivity index (χ1n) is 9.91. The van der Waals surface area contributed by atoms with Crippen molar-refractivity contribution in [3.63, 3.8) is 0 Å². The first-order chi connectivity index (χ1) is 16.4. The van der Waals surface area contributed by atoms with Crippen LogP contribution in [-0.4, -0.2) is 40.6 Å². The number of hydrogen-bond donors (Lipinski definition) is 0. The van der Waals surface area contributed by atoms with E-state index in [1.807, 2.05) is 0 Å². The number of nitrogens with zero attached hydrogens (tertiary/aromatic N) is 3. The van der Waals surface area contributed by atoms with Crippen molar-refractivity contribution in [2.45, 2.75) is 6.92 Å². The van der Waals surface area contributed by atoms with Gasteiger partial charge in [0.1, 0.15) is 22.9 Å². The van der Waals surface area contributed by atoms with E-state index in [2.05, 4.69) is 10.3 Å². The SMILES string of the molecule is CCOC(=O)c1c(-c2onc(-c3c(F)cccc3Cl)c2C(=O)OC)cnn1-c1cccc(F)c1. The molecule has 2 aromatic heterocycles. The largest absolute Gasteiger partial charge is 0.465 e. The van der Waals surface area contributed by atoms with E-state index < -0.39 is 23.6 Å². The summed E-state index contributed by atoms with van der Waals surface area (Å²) in [5.74, 6) is -3.28. The first-order valence-corrected chi connectivity index (χ1v) is 10.3. The summed E-state index contributed by atoms with van der Waals surface area (Å²) in [6, 6.07) is 9.30. The van der Waals surface area contributed by atoms with Gasteiger partial charge >= 0.3 is 11.9 Å². The zero-order chi connectivity index (χ0) is 24.4. The Labute approximate surface area is 196 Å². The maximum absolute atomic E-state index is 14.6. The predicted molar refractivity (Wildman–Crippen MR) is 117 cm³/mol. The van der Waals surface area contributed by atoms with Gasteiger partial charge in [0.25, 0.3) is 0 Å². The van der Waals surface area contributed by atoms with Crippen LogP contribution in [0, 0.1) is 11.6 Å². The fourth-order valence-corrected chi connectivity index (χ4v) is 3.63. The predicted octanol–water partition coefficient (Wildman–Crippen LogP) is 5.09. The van der Waals surface area contributed by atoms with Gasteiger partial charge in [-0.25, -0.2) is 23.1 Å². The molecule has 11 heteroatoms. The lowest BCUT2D eigenvalue weighted by Gasteiger charge is -2.09. The topological polar surface area (TPSA) is 96.5 Å². The molecule has 34 heavy (non-hydrogen) atoms. The Hall–Kier alpha value is -4.05. The number of carbonyl (C=O) groups excluding carboxylic acids is 2. The molecule has 174 valence electrons. The molecular formula is C23H16ClF2N3O5. The minimum atomic E-state index is -0.918. The monoisotopic (exact) mass is 487 g/mol. The molecule has 0 saturated heterocycles. The van der Waals surface area contributed by atoms with Gasteiger partial charge in [-0.2, -0.15) is 5.10 Å². The van der Waals surface area contributed by atoms with Crippen molar-refractivity contribution in [2.24, 2.45) is 0 Å². The highest BCUT2D eigenvalue weighted by molar-refractivity contribution is 6.33. The number of halogens is 3. The Kier molecular flexibility index (Phi) is 6.42. The third kappa shape index (κ3) is 4.03. The molecule has 8 nitrogen and oxygen atoms in total. The van der Waals surface area contributed by atoms with Gasteiger partial charge in [-0.1, -0.05) is 28.9 Å². The summed E-state index contributed by atoms with van der Waals surface area (Å²) < 4.78 is 45.0. The quantitative estimate of drug-likeness (QED) is 0.349. The van der Waals surface area contributed by atoms with Gasteiger partial charge in [0.05, 0.1) is 41.8 Å². The van der Waals surface area contributed by atoms with Gasteiger partial charge in [-0.3, -0.25) is 0 Å². The number of benzene rings is 2. The summed E-state index contributed by atoms with van der Waals surface area (Å²) >= 11 is 6.16. The highest BCUT2D eigenvalue weighted by Crippen LogP contribution is 2.39. The summed E-state index contributed by atoms with van der Waals surface area (Å²) in [5.41, 5.74) is -0.646. The van der Waals surface area contributed by atoms with Gasteiger partial charge in [0.15, 0.2) is 11.5 Å². The average molecular weight is 488 g/mol. The van der Waals surface area contributed by atoms with E-state index in [1.54, 1.807) is 6.92 Å². The Morgan fingerprint density at radius 2 is 1.91 bits per heavy atom. The van der Waals surface area contributed by atoms with E-state index in [1.165, 1.54) is 36.5 Å². The van der Waals surface area contributed by atoms with Gasteiger partial charge in [0, 0.05) is 0 Å². The molecule has 2 heterocycles. The molecule has 0 unspecified atom stereocenters. The van der Waals surface area contributed by atoms with Crippen molar-refractivity contribution >= 4 is 23.5 Å². The molecule has 0 aliphatic rings. The average Bonchev–Trinajstić information content (AvgIpc) is 3.43. The van der Waals surface area contributed by atoms with Crippen LogP contribution in [0.5, 0.6) is 0 Å². The van der Waals surface area contributed by atoms with Crippen LogP contribution in [0.4, 0.5) is 8.78 Å². The van der Waals surface area contributed by atoms with Gasteiger partial charge in [-0.15, -0.1) is 0 Å². The highest BCUT2D eigenvalue weighted by atomic mass is 35.5. The lowest BCUT2D eigenvalue weighted by Crippen LogP contribution is -2.14. The molecule has 0 aliphatic heterocycles. The highest BCUT2D eigenvalue weighted by Gasteiger charge is 2.33. The van der Waals surface area contributed by atoms with Crippen molar-refractivity contribution in [1.29, 1.82) is 0 Å². The number of rotatable bonds is 6. The molecule has 0 atom stereocenters. The molecule has 0 radical (unpaired) electrons. The zero-order valence-electron chi connectivity index (χ0n) is 17.8. The van der Waals surface area contributed by atoms with Crippen molar-refractivity contribution in [1.82, 2.24) is 14.9 Å². The summed E-state index contributed by atoms with van der Waals surface area (Å²) in [6.07, 6.45) is 1.22. The normalized spacial score (nSPS) is 10.9. The van der Waals surface area contributed by atoms with E-state index in [0.29, 0.717) is 0 Å². The Morgan fingerprint density at radius 3 is 2.59 bits per heavy atom. The smallest absolute Gasteiger partial charge is 0.357 e. The molecule has 0 bridgehead atoms. The molecule has 0 saturated carbocycles. The van der Waals surface area contributed by atoms with Crippen LogP contribution in [-0.2, 0) is 9.47 Å². The van der Waals surface area contributed by atoms with Crippen LogP contribution in [0.2, 0.25) is 5.02 Å². The minimum Gasteiger partial charge on any atom is -0.465 e. The standard InChI is InChI=1S/C23H16ClF2N3O5/c1-3-33-23(31)20-14(11-27-29(20)13-7-4-6-12(25)10-13)21-18(22(30)32-2)19(28-34-21)17-15(24)8-5-9-16(17)26/h4-11H,3H2,1-2H3. The minimum absolute atomic E-state index is 0.00526. The van der Waals surface area contributed by atoms with Crippen molar-refractivity contribution in [3.8, 4) is 28.3 Å². The lowest BCUT2D eigenvalue weighted by atomic mass is 10.0. The molecule has 4 rings (SSSR count). The number of carbonyl (C=O) groups is 2. The number of methoxy groups -OCH3 is 1. The maximum Gasteiger partial charge on any atom is 0.357 e. The van der Waals surface area contributed by atoms with Gasteiger partial charge < -0.3 is 14.0 Å². The van der Waals surface area contributed by atoms with Crippen LogP contribution >= 0.6 is 11.6 Å². The van der Waals surface area contributed by atoms with E-state index in [9.17, 15) is 18.4 Å². The maximum atomic E-state index is 14.6. The molecular weight excluding hydrogens is 472 g/mol. The lowest BCUT2D eigenvalue weighted by molar-refractivity contribution is 0.0514. The van der Waals surface area contributed by atoms with E-state index in [0.717, 1.165) is 23.9 Å². The molecule has 0 aliphatic carbocycles. The fourth-order valence-electron chi connectivity index (χ4n) is 3.37. The fraction of sp³-hybridized carbons (Fsp3) is 0.130. The Morgan fingerprint density at radius 1 is 1.15 bits per heavy atom. The number of ether oxygens (including phenoxy) is 2. The van der Waals surface area contributed by atoms with Crippen LogP contribution in [0.3, 0.4) is 0 Å². The van der Waals surface area contributed by atoms with Crippen LogP contribution in [0.15, 0.2) is 53.2 Å². The molecule has 0 N–H and O–H groups in total. The Bertz CT molecular complexity index is 1380. The third-order valence-corrected chi connectivity index (χ3v) is 5.13. The van der Waals surface area contributed by atoms with Crippen LogP contribution in [0.1, 0.15) is 27.8 Å². The van der Waals surface area contributed by atoms with E-state index in [4.69, 9.17) is 25.6 Å². The summed E-state index contributed by atoms with van der Waals surface area (Å²) in [6.45, 7) is 1.63.